The molecule has 3 aromatic rings. The van der Waals surface area contributed by atoms with Crippen LogP contribution in [0, 0.1) is 0 Å². The summed E-state index contributed by atoms with van der Waals surface area (Å²) in [5.41, 5.74) is 8.41. The molecular weight excluding hydrogens is 304 g/mol. The number of aromatic nitrogens is 2. The summed E-state index contributed by atoms with van der Waals surface area (Å²) < 4.78 is 1.58. The Morgan fingerprint density at radius 3 is 2.71 bits per heavy atom. The van der Waals surface area contributed by atoms with E-state index in [1.807, 2.05) is 30.3 Å². The van der Waals surface area contributed by atoms with Gasteiger partial charge in [-0.2, -0.15) is 0 Å². The van der Waals surface area contributed by atoms with E-state index in [2.05, 4.69) is 10.3 Å². The lowest BCUT2D eigenvalue weighted by atomic mass is 10.1. The zero-order valence-corrected chi connectivity index (χ0v) is 13.3. The number of nitrogens with one attached hydrogen (secondary N) is 2. The molecule has 1 aromatic heterocycles. The highest BCUT2D eigenvalue weighted by atomic mass is 16.2. The number of carbonyl (C=O) groups excluding carboxylic acids is 1. The molecule has 6 heteroatoms. The van der Waals surface area contributed by atoms with Crippen LogP contribution in [0.3, 0.4) is 0 Å². The zero-order chi connectivity index (χ0) is 16.9. The summed E-state index contributed by atoms with van der Waals surface area (Å²) >= 11 is 0. The van der Waals surface area contributed by atoms with Crippen LogP contribution in [0.5, 0.6) is 0 Å². The highest BCUT2D eigenvalue weighted by Gasteiger charge is 2.10. The molecule has 3 rings (SSSR count). The number of nitrogens with two attached hydrogens (primary N) is 1. The maximum atomic E-state index is 12.3. The molecule has 0 aliphatic rings. The fraction of sp³-hybridized carbons (Fsp3) is 0.222. The lowest BCUT2D eigenvalue weighted by Gasteiger charge is -2.06. The lowest BCUT2D eigenvalue weighted by Crippen LogP contribution is -2.25. The fourth-order valence-electron chi connectivity index (χ4n) is 2.72. The molecule has 1 heterocycles. The fourth-order valence-corrected chi connectivity index (χ4v) is 2.72. The van der Waals surface area contributed by atoms with Gasteiger partial charge in [-0.1, -0.05) is 30.3 Å². The smallest absolute Gasteiger partial charge is 0.326 e. The predicted octanol–water partition coefficient (Wildman–Crippen LogP) is 1.26. The zero-order valence-electron chi connectivity index (χ0n) is 13.3. The van der Waals surface area contributed by atoms with Crippen LogP contribution < -0.4 is 16.7 Å². The van der Waals surface area contributed by atoms with E-state index in [0.717, 1.165) is 11.9 Å². The van der Waals surface area contributed by atoms with Gasteiger partial charge >= 0.3 is 5.69 Å². The number of carbonyl (C=O) groups is 1. The molecule has 0 saturated heterocycles. The molecule has 0 fully saturated rings. The van der Waals surface area contributed by atoms with Crippen LogP contribution in [-0.4, -0.2) is 28.5 Å². The van der Waals surface area contributed by atoms with E-state index in [-0.39, 0.29) is 11.6 Å². The van der Waals surface area contributed by atoms with Crippen molar-refractivity contribution in [3.63, 3.8) is 0 Å². The molecule has 6 nitrogen and oxygen atoms in total. The van der Waals surface area contributed by atoms with Gasteiger partial charge in [-0.15, -0.1) is 0 Å². The van der Waals surface area contributed by atoms with E-state index >= 15 is 0 Å². The van der Waals surface area contributed by atoms with Crippen molar-refractivity contribution >= 4 is 16.9 Å². The minimum Gasteiger partial charge on any atom is -0.352 e. The van der Waals surface area contributed by atoms with E-state index in [0.29, 0.717) is 30.7 Å². The number of benzene rings is 2. The van der Waals surface area contributed by atoms with Crippen molar-refractivity contribution in [3.8, 4) is 0 Å². The SMILES string of the molecule is NCCn1c(=O)[nH]c2cc(C(=O)NCCc3ccccc3)ccc21. The van der Waals surface area contributed by atoms with E-state index in [4.69, 9.17) is 5.73 Å². The van der Waals surface area contributed by atoms with Crippen molar-refractivity contribution in [2.75, 3.05) is 13.1 Å². The largest absolute Gasteiger partial charge is 0.352 e. The Morgan fingerprint density at radius 2 is 1.96 bits per heavy atom. The molecule has 0 spiro atoms. The predicted molar refractivity (Wildman–Crippen MR) is 94.1 cm³/mol. The van der Waals surface area contributed by atoms with Crippen LogP contribution in [0.1, 0.15) is 15.9 Å². The topological polar surface area (TPSA) is 92.9 Å². The van der Waals surface area contributed by atoms with Gasteiger partial charge in [-0.3, -0.25) is 9.36 Å². The Hall–Kier alpha value is -2.86. The molecule has 0 atom stereocenters. The molecular formula is C18H20N4O2. The van der Waals surface area contributed by atoms with Gasteiger partial charge in [0.1, 0.15) is 0 Å². The second-order valence-corrected chi connectivity index (χ2v) is 5.59. The van der Waals surface area contributed by atoms with Gasteiger partial charge < -0.3 is 16.0 Å². The third-order valence-corrected chi connectivity index (χ3v) is 3.93. The Kier molecular flexibility index (Phi) is 4.77. The van der Waals surface area contributed by atoms with Gasteiger partial charge in [0.2, 0.25) is 0 Å². The first-order chi connectivity index (χ1) is 11.7. The average Bonchev–Trinajstić information content (AvgIpc) is 2.91. The normalized spacial score (nSPS) is 10.9. The van der Waals surface area contributed by atoms with Gasteiger partial charge in [0.05, 0.1) is 11.0 Å². The Balaban J connectivity index is 1.70. The maximum absolute atomic E-state index is 12.3. The number of fused-ring (bicyclic) bond motifs is 1. The second kappa shape index (κ2) is 7.14. The van der Waals surface area contributed by atoms with Gasteiger partial charge in [0.25, 0.3) is 5.91 Å². The molecule has 0 unspecified atom stereocenters. The maximum Gasteiger partial charge on any atom is 0.326 e. The number of amides is 1. The molecule has 0 radical (unpaired) electrons. The van der Waals surface area contributed by atoms with E-state index in [1.54, 1.807) is 22.8 Å². The molecule has 0 aliphatic heterocycles. The number of hydrogen-bond acceptors (Lipinski definition) is 3. The first-order valence-electron chi connectivity index (χ1n) is 7.94. The number of rotatable bonds is 6. The van der Waals surface area contributed by atoms with Crippen LogP contribution in [0.15, 0.2) is 53.3 Å². The van der Waals surface area contributed by atoms with Crippen molar-refractivity contribution < 1.29 is 4.79 Å². The van der Waals surface area contributed by atoms with Crippen molar-refractivity contribution in [1.82, 2.24) is 14.9 Å². The summed E-state index contributed by atoms with van der Waals surface area (Å²) in [5, 5.41) is 2.90. The number of H-pyrrole nitrogens is 1. The average molecular weight is 324 g/mol. The standard InChI is InChI=1S/C18H20N4O2/c19-9-11-22-16-7-6-14(12-15(16)21-18(22)24)17(23)20-10-8-13-4-2-1-3-5-13/h1-7,12H,8-11,19H2,(H,20,23)(H,21,24). The molecule has 124 valence electrons. The molecule has 0 bridgehead atoms. The minimum absolute atomic E-state index is 0.153. The molecule has 2 aromatic carbocycles. The Bertz CT molecular complexity index is 896. The van der Waals surface area contributed by atoms with E-state index in [9.17, 15) is 9.59 Å². The van der Waals surface area contributed by atoms with Crippen LogP contribution in [-0.2, 0) is 13.0 Å². The Morgan fingerprint density at radius 1 is 1.17 bits per heavy atom. The number of hydrogen-bond donors (Lipinski definition) is 3. The van der Waals surface area contributed by atoms with Crippen LogP contribution in [0.2, 0.25) is 0 Å². The molecule has 4 N–H and O–H groups in total. The summed E-state index contributed by atoms with van der Waals surface area (Å²) in [6.07, 6.45) is 0.776. The van der Waals surface area contributed by atoms with E-state index in [1.165, 1.54) is 5.56 Å². The summed E-state index contributed by atoms with van der Waals surface area (Å²) in [7, 11) is 0. The number of aromatic amines is 1. The van der Waals surface area contributed by atoms with Gasteiger partial charge in [-0.05, 0) is 30.2 Å². The molecule has 0 saturated carbocycles. The van der Waals surface area contributed by atoms with Gasteiger partial charge in [-0.25, -0.2) is 4.79 Å². The number of imidazole rings is 1. The quantitative estimate of drug-likeness (QED) is 0.637. The van der Waals surface area contributed by atoms with E-state index < -0.39 is 0 Å². The van der Waals surface area contributed by atoms with Crippen molar-refractivity contribution in [2.45, 2.75) is 13.0 Å². The summed E-state index contributed by atoms with van der Waals surface area (Å²) in [4.78, 5) is 26.9. The summed E-state index contributed by atoms with van der Waals surface area (Å²) in [6, 6.07) is 15.2. The van der Waals surface area contributed by atoms with Crippen LogP contribution in [0.25, 0.3) is 11.0 Å². The highest BCUT2D eigenvalue weighted by Crippen LogP contribution is 2.13. The van der Waals surface area contributed by atoms with Gasteiger partial charge in [0.15, 0.2) is 0 Å². The third kappa shape index (κ3) is 3.38. The lowest BCUT2D eigenvalue weighted by molar-refractivity contribution is 0.0954. The van der Waals surface area contributed by atoms with Gasteiger partial charge in [0, 0.05) is 25.2 Å². The first kappa shape index (κ1) is 16.0. The molecule has 0 aliphatic carbocycles. The highest BCUT2D eigenvalue weighted by molar-refractivity contribution is 5.97. The second-order valence-electron chi connectivity index (χ2n) is 5.59. The summed E-state index contributed by atoms with van der Waals surface area (Å²) in [6.45, 7) is 1.39. The third-order valence-electron chi connectivity index (χ3n) is 3.93. The molecule has 1 amide bonds. The number of nitrogens with zero attached hydrogens (tertiary/aromatic N) is 1. The summed E-state index contributed by atoms with van der Waals surface area (Å²) in [5.74, 6) is -0.153. The van der Waals surface area contributed by atoms with Crippen LogP contribution >= 0.6 is 0 Å². The van der Waals surface area contributed by atoms with Crippen molar-refractivity contribution in [1.29, 1.82) is 0 Å². The monoisotopic (exact) mass is 324 g/mol. The minimum atomic E-state index is -0.211. The molecule has 24 heavy (non-hydrogen) atoms. The first-order valence-corrected chi connectivity index (χ1v) is 7.94. The Labute approximate surface area is 139 Å². The van der Waals surface area contributed by atoms with Crippen molar-refractivity contribution in [2.24, 2.45) is 5.73 Å². The van der Waals surface area contributed by atoms with Crippen molar-refractivity contribution in [3.05, 3.63) is 70.1 Å². The van der Waals surface area contributed by atoms with Crippen LogP contribution in [0.4, 0.5) is 0 Å².